The lowest BCUT2D eigenvalue weighted by Gasteiger charge is -2.40. The summed E-state index contributed by atoms with van der Waals surface area (Å²) in [6, 6.07) is 12.8. The van der Waals surface area contributed by atoms with E-state index in [-0.39, 0.29) is 36.3 Å². The van der Waals surface area contributed by atoms with Crippen LogP contribution in [-0.4, -0.2) is 43.2 Å². The van der Waals surface area contributed by atoms with E-state index in [9.17, 15) is 22.8 Å². The number of fused-ring (bicyclic) bond motifs is 1. The van der Waals surface area contributed by atoms with E-state index in [1.165, 1.54) is 33.7 Å². The molecule has 1 aromatic heterocycles. The topological polar surface area (TPSA) is 79.5 Å². The number of carbonyl (C=O) groups is 2. The molecule has 0 saturated carbocycles. The highest BCUT2D eigenvalue weighted by Crippen LogP contribution is 2.36. The third-order valence-electron chi connectivity index (χ3n) is 5.56. The average molecular weight is 486 g/mol. The lowest BCUT2D eigenvalue weighted by atomic mass is 10.1. The molecule has 0 N–H and O–H groups in total. The maximum absolute atomic E-state index is 13.3. The van der Waals surface area contributed by atoms with Gasteiger partial charge in [-0.1, -0.05) is 53.7 Å². The van der Waals surface area contributed by atoms with Gasteiger partial charge in [0, 0.05) is 5.56 Å². The van der Waals surface area contributed by atoms with Crippen molar-refractivity contribution in [3.05, 3.63) is 83.1 Å². The van der Waals surface area contributed by atoms with Crippen molar-refractivity contribution in [2.45, 2.75) is 30.6 Å². The average Bonchev–Trinajstić information content (AvgIpc) is 3.50. The summed E-state index contributed by atoms with van der Waals surface area (Å²) < 4.78 is 44.4. The Hall–Kier alpha value is -3.60. The number of amides is 3. The molecule has 1 saturated heterocycles. The van der Waals surface area contributed by atoms with Gasteiger partial charge >= 0.3 is 12.2 Å². The third kappa shape index (κ3) is 4.18. The maximum Gasteiger partial charge on any atom is 0.416 e. The normalized spacial score (nSPS) is 20.2. The molecule has 2 aromatic carbocycles. The lowest BCUT2D eigenvalue weighted by Crippen LogP contribution is -2.61. The zero-order valence-corrected chi connectivity index (χ0v) is 18.3. The van der Waals surface area contributed by atoms with Gasteiger partial charge in [0.2, 0.25) is 17.6 Å². The van der Waals surface area contributed by atoms with Crippen LogP contribution in [0.3, 0.4) is 0 Å². The van der Waals surface area contributed by atoms with Crippen molar-refractivity contribution in [2.75, 3.05) is 0 Å². The van der Waals surface area contributed by atoms with Gasteiger partial charge in [0.05, 0.1) is 18.2 Å². The SMILES string of the molecule is O=C1C2SC=CC2N(Cc2nc(-c3cccc(C(F)(F)F)c3)no2)C(=O)N1Cc1ccccc1. The molecule has 7 nitrogen and oxygen atoms in total. The first-order valence-corrected chi connectivity index (χ1v) is 11.2. The fourth-order valence-corrected chi connectivity index (χ4v) is 4.96. The van der Waals surface area contributed by atoms with Crippen LogP contribution in [0.5, 0.6) is 0 Å². The van der Waals surface area contributed by atoms with Crippen LogP contribution in [0, 0.1) is 0 Å². The fraction of sp³-hybridized carbons (Fsp3) is 0.217. The van der Waals surface area contributed by atoms with E-state index in [1.807, 2.05) is 30.3 Å². The minimum Gasteiger partial charge on any atom is -0.337 e. The highest BCUT2D eigenvalue weighted by Gasteiger charge is 2.47. The number of halogens is 3. The molecule has 34 heavy (non-hydrogen) atoms. The molecule has 0 radical (unpaired) electrons. The molecular formula is C23H17F3N4O3S. The molecular weight excluding hydrogens is 469 g/mol. The Labute approximate surface area is 196 Å². The number of thioether (sulfide) groups is 1. The second kappa shape index (κ2) is 8.64. The standard InChI is InChI=1S/C23H17F3N4O3S/c24-23(25,26)16-8-4-7-15(11-16)20-27-18(33-28-20)13-29-17-9-10-34-19(17)21(31)30(22(29)32)12-14-5-2-1-3-6-14/h1-11,17,19H,12-13H2. The Bertz CT molecular complexity index is 1260. The summed E-state index contributed by atoms with van der Waals surface area (Å²) in [5, 5.41) is 5.08. The zero-order valence-electron chi connectivity index (χ0n) is 17.5. The van der Waals surface area contributed by atoms with Gasteiger partial charge in [0.15, 0.2) is 0 Å². The summed E-state index contributed by atoms with van der Waals surface area (Å²) in [5.41, 5.74) is 0.127. The van der Waals surface area contributed by atoms with Gasteiger partial charge in [0.25, 0.3) is 0 Å². The smallest absolute Gasteiger partial charge is 0.337 e. The second-order valence-electron chi connectivity index (χ2n) is 7.79. The summed E-state index contributed by atoms with van der Waals surface area (Å²) in [6.07, 6.45) is -2.73. The highest BCUT2D eigenvalue weighted by molar-refractivity contribution is 8.03. The van der Waals surface area contributed by atoms with Crippen LogP contribution in [-0.2, 0) is 24.1 Å². The minimum atomic E-state index is -4.50. The largest absolute Gasteiger partial charge is 0.416 e. The van der Waals surface area contributed by atoms with Crippen molar-refractivity contribution in [3.63, 3.8) is 0 Å². The summed E-state index contributed by atoms with van der Waals surface area (Å²) in [7, 11) is 0. The quantitative estimate of drug-likeness (QED) is 0.520. The van der Waals surface area contributed by atoms with E-state index >= 15 is 0 Å². The Morgan fingerprint density at radius 1 is 1.03 bits per heavy atom. The van der Waals surface area contributed by atoms with Crippen molar-refractivity contribution in [1.82, 2.24) is 19.9 Å². The van der Waals surface area contributed by atoms with Gasteiger partial charge in [0.1, 0.15) is 11.8 Å². The molecule has 0 bridgehead atoms. The first-order chi connectivity index (χ1) is 16.3. The van der Waals surface area contributed by atoms with Crippen LogP contribution < -0.4 is 0 Å². The third-order valence-corrected chi connectivity index (χ3v) is 6.65. The zero-order chi connectivity index (χ0) is 23.9. The Kier molecular flexibility index (Phi) is 5.64. The van der Waals surface area contributed by atoms with E-state index in [2.05, 4.69) is 10.1 Å². The van der Waals surface area contributed by atoms with Gasteiger partial charge in [-0.25, -0.2) is 4.79 Å². The molecule has 2 aliphatic rings. The summed E-state index contributed by atoms with van der Waals surface area (Å²) in [5.74, 6) is -0.241. The van der Waals surface area contributed by atoms with Gasteiger partial charge in [-0.05, 0) is 23.1 Å². The number of carbonyl (C=O) groups excluding carboxylic acids is 2. The molecule has 3 amide bonds. The Morgan fingerprint density at radius 2 is 1.82 bits per heavy atom. The molecule has 3 heterocycles. The molecule has 0 spiro atoms. The van der Waals surface area contributed by atoms with Gasteiger partial charge in [-0.2, -0.15) is 18.2 Å². The number of aromatic nitrogens is 2. The Balaban J connectivity index is 1.39. The molecule has 11 heteroatoms. The van der Waals surface area contributed by atoms with Crippen molar-refractivity contribution in [1.29, 1.82) is 0 Å². The molecule has 2 unspecified atom stereocenters. The minimum absolute atomic E-state index is 0.0179. The van der Waals surface area contributed by atoms with E-state index in [0.29, 0.717) is 0 Å². The number of rotatable bonds is 5. The first-order valence-electron chi connectivity index (χ1n) is 10.3. The van der Waals surface area contributed by atoms with Crippen LogP contribution in [0.4, 0.5) is 18.0 Å². The summed E-state index contributed by atoms with van der Waals surface area (Å²) in [4.78, 5) is 33.2. The van der Waals surface area contributed by atoms with E-state index in [1.54, 1.807) is 11.5 Å². The van der Waals surface area contributed by atoms with Crippen LogP contribution in [0.2, 0.25) is 0 Å². The van der Waals surface area contributed by atoms with E-state index in [0.717, 1.165) is 17.7 Å². The molecule has 2 aliphatic heterocycles. The number of nitrogens with zero attached hydrogens (tertiary/aromatic N) is 4. The van der Waals surface area contributed by atoms with Crippen LogP contribution in [0.25, 0.3) is 11.4 Å². The van der Waals surface area contributed by atoms with E-state index in [4.69, 9.17) is 4.52 Å². The number of hydrogen-bond donors (Lipinski definition) is 0. The van der Waals surface area contributed by atoms with Crippen LogP contribution in [0.15, 0.2) is 70.6 Å². The van der Waals surface area contributed by atoms with Crippen molar-refractivity contribution in [3.8, 4) is 11.4 Å². The van der Waals surface area contributed by atoms with Gasteiger partial charge in [-0.3, -0.25) is 9.69 Å². The highest BCUT2D eigenvalue weighted by atomic mass is 32.2. The van der Waals surface area contributed by atoms with E-state index < -0.39 is 29.1 Å². The lowest BCUT2D eigenvalue weighted by molar-refractivity contribution is -0.137. The van der Waals surface area contributed by atoms with Crippen molar-refractivity contribution in [2.24, 2.45) is 0 Å². The second-order valence-corrected chi connectivity index (χ2v) is 8.84. The fourth-order valence-electron chi connectivity index (χ4n) is 3.90. The molecule has 0 aliphatic carbocycles. The first kappa shape index (κ1) is 22.2. The monoisotopic (exact) mass is 486 g/mol. The molecule has 174 valence electrons. The Morgan fingerprint density at radius 3 is 2.59 bits per heavy atom. The van der Waals surface area contributed by atoms with Crippen molar-refractivity contribution >= 4 is 23.7 Å². The van der Waals surface area contributed by atoms with Crippen molar-refractivity contribution < 1.29 is 27.3 Å². The number of urea groups is 1. The number of imide groups is 1. The van der Waals surface area contributed by atoms with Crippen LogP contribution in [0.1, 0.15) is 17.0 Å². The molecule has 3 aromatic rings. The number of benzene rings is 2. The van der Waals surface area contributed by atoms with Crippen LogP contribution >= 0.6 is 11.8 Å². The molecule has 2 atom stereocenters. The number of hydrogen-bond acceptors (Lipinski definition) is 6. The molecule has 1 fully saturated rings. The predicted octanol–water partition coefficient (Wildman–Crippen LogP) is 4.72. The molecule has 5 rings (SSSR count). The van der Waals surface area contributed by atoms with Gasteiger partial charge < -0.3 is 9.42 Å². The number of alkyl halides is 3. The predicted molar refractivity (Wildman–Crippen MR) is 117 cm³/mol. The van der Waals surface area contributed by atoms with Gasteiger partial charge in [-0.15, -0.1) is 11.8 Å². The summed E-state index contributed by atoms with van der Waals surface area (Å²) >= 11 is 1.33. The maximum atomic E-state index is 13.3. The summed E-state index contributed by atoms with van der Waals surface area (Å²) in [6.45, 7) is 0.0353.